The number of nitrogens with one attached hydrogen (secondary N) is 1. The molecule has 1 aromatic rings. The molecule has 2 aliphatic heterocycles. The van der Waals surface area contributed by atoms with Crippen LogP contribution in [0.15, 0.2) is 24.3 Å². The Morgan fingerprint density at radius 1 is 1.28 bits per heavy atom. The minimum absolute atomic E-state index is 0.0508. The fourth-order valence-electron chi connectivity index (χ4n) is 3.53. The van der Waals surface area contributed by atoms with Gasteiger partial charge in [-0.2, -0.15) is 0 Å². The number of methoxy groups -OCH3 is 2. The van der Waals surface area contributed by atoms with E-state index in [-0.39, 0.29) is 24.1 Å². The van der Waals surface area contributed by atoms with Gasteiger partial charge < -0.3 is 19.7 Å². The summed E-state index contributed by atoms with van der Waals surface area (Å²) >= 11 is 0. The zero-order chi connectivity index (χ0) is 17.8. The van der Waals surface area contributed by atoms with Crippen LogP contribution < -0.4 is 10.2 Å². The van der Waals surface area contributed by atoms with Crippen molar-refractivity contribution >= 4 is 17.7 Å². The van der Waals surface area contributed by atoms with Gasteiger partial charge in [0.1, 0.15) is 0 Å². The lowest BCUT2D eigenvalue weighted by Crippen LogP contribution is -2.58. The highest BCUT2D eigenvalue weighted by Crippen LogP contribution is 2.27. The molecule has 3 rings (SSSR count). The van der Waals surface area contributed by atoms with Crippen LogP contribution >= 0.6 is 0 Å². The maximum atomic E-state index is 12.8. The molecule has 0 aliphatic carbocycles. The molecule has 136 valence electrons. The summed E-state index contributed by atoms with van der Waals surface area (Å²) in [4.78, 5) is 27.7. The normalized spacial score (nSPS) is 22.9. The van der Waals surface area contributed by atoms with Crippen molar-refractivity contribution in [3.63, 3.8) is 0 Å². The van der Waals surface area contributed by atoms with E-state index in [0.29, 0.717) is 26.0 Å². The number of piperazine rings is 1. The van der Waals surface area contributed by atoms with Gasteiger partial charge in [0.25, 0.3) is 0 Å². The molecule has 1 aromatic carbocycles. The van der Waals surface area contributed by atoms with E-state index in [4.69, 9.17) is 4.74 Å². The van der Waals surface area contributed by atoms with Crippen molar-refractivity contribution in [2.75, 3.05) is 45.4 Å². The van der Waals surface area contributed by atoms with E-state index in [1.807, 2.05) is 34.1 Å². The Balaban J connectivity index is 1.67. The molecule has 2 atom stereocenters. The van der Waals surface area contributed by atoms with Gasteiger partial charge in [-0.25, -0.2) is 4.79 Å². The van der Waals surface area contributed by atoms with E-state index in [2.05, 4.69) is 10.1 Å². The van der Waals surface area contributed by atoms with Gasteiger partial charge in [-0.15, -0.1) is 0 Å². The van der Waals surface area contributed by atoms with Gasteiger partial charge in [-0.05, 0) is 24.1 Å². The monoisotopic (exact) mass is 347 g/mol. The number of nitrogens with zero attached hydrogens (tertiary/aromatic N) is 2. The van der Waals surface area contributed by atoms with Gasteiger partial charge in [0.15, 0.2) is 0 Å². The predicted octanol–water partition coefficient (Wildman–Crippen LogP) is 1.02. The van der Waals surface area contributed by atoms with Crippen molar-refractivity contribution < 1.29 is 19.1 Å². The number of aryl methyl sites for hydroxylation is 1. The maximum absolute atomic E-state index is 12.8. The van der Waals surface area contributed by atoms with E-state index in [9.17, 15) is 9.59 Å². The molecule has 0 aromatic heterocycles. The van der Waals surface area contributed by atoms with E-state index in [0.717, 1.165) is 24.3 Å². The third-order valence-corrected chi connectivity index (χ3v) is 4.91. The molecule has 7 heteroatoms. The molecule has 0 radical (unpaired) electrons. The van der Waals surface area contributed by atoms with E-state index >= 15 is 0 Å². The van der Waals surface area contributed by atoms with Crippen LogP contribution in [0.3, 0.4) is 0 Å². The number of carbonyl (C=O) groups excluding carboxylic acids is 2. The topological polar surface area (TPSA) is 71.1 Å². The molecule has 2 aliphatic rings. The maximum Gasteiger partial charge on any atom is 0.324 e. The van der Waals surface area contributed by atoms with Crippen molar-refractivity contribution in [2.24, 2.45) is 0 Å². The zero-order valence-electron chi connectivity index (χ0n) is 14.7. The fraction of sp³-hybridized carbons (Fsp3) is 0.556. The largest absolute Gasteiger partial charge is 0.469 e. The summed E-state index contributed by atoms with van der Waals surface area (Å²) in [7, 11) is 3.08. The molecule has 25 heavy (non-hydrogen) atoms. The molecule has 2 saturated heterocycles. The summed E-state index contributed by atoms with van der Waals surface area (Å²) < 4.78 is 9.94. The highest BCUT2D eigenvalue weighted by molar-refractivity contribution is 5.94. The van der Waals surface area contributed by atoms with E-state index in [1.54, 1.807) is 7.11 Å². The Hall–Kier alpha value is -2.12. The molecule has 7 nitrogen and oxygen atoms in total. The second kappa shape index (κ2) is 7.84. The average Bonchev–Trinajstić information content (AvgIpc) is 2.98. The first kappa shape index (κ1) is 17.7. The zero-order valence-corrected chi connectivity index (χ0v) is 14.7. The smallest absolute Gasteiger partial charge is 0.324 e. The Morgan fingerprint density at radius 3 is 2.72 bits per heavy atom. The lowest BCUT2D eigenvalue weighted by Gasteiger charge is -2.35. The Kier molecular flexibility index (Phi) is 5.55. The minimum atomic E-state index is -0.215. The molecular weight excluding hydrogens is 322 g/mol. The summed E-state index contributed by atoms with van der Waals surface area (Å²) in [6.45, 7) is 2.75. The van der Waals surface area contributed by atoms with Gasteiger partial charge in [-0.1, -0.05) is 12.1 Å². The predicted molar refractivity (Wildman–Crippen MR) is 93.7 cm³/mol. The number of anilines is 1. The van der Waals surface area contributed by atoms with Crippen LogP contribution in [-0.4, -0.2) is 69.4 Å². The number of benzene rings is 1. The summed E-state index contributed by atoms with van der Waals surface area (Å²) in [6, 6.07) is 8.16. The summed E-state index contributed by atoms with van der Waals surface area (Å²) in [5.74, 6) is -0.215. The summed E-state index contributed by atoms with van der Waals surface area (Å²) in [5, 5.41) is 3.44. The third-order valence-electron chi connectivity index (χ3n) is 4.91. The van der Waals surface area contributed by atoms with E-state index < -0.39 is 0 Å². The van der Waals surface area contributed by atoms with Crippen LogP contribution in [-0.2, 0) is 20.7 Å². The molecule has 0 unspecified atom stereocenters. The van der Waals surface area contributed by atoms with Gasteiger partial charge in [0, 0.05) is 38.9 Å². The molecule has 0 bridgehead atoms. The number of urea groups is 1. The Bertz CT molecular complexity index is 617. The van der Waals surface area contributed by atoms with Gasteiger partial charge >= 0.3 is 12.0 Å². The number of amides is 2. The number of ether oxygens (including phenoxy) is 2. The number of hydrogen-bond acceptors (Lipinski definition) is 5. The summed E-state index contributed by atoms with van der Waals surface area (Å²) in [6.07, 6.45) is 0.994. The molecule has 2 fully saturated rings. The highest BCUT2D eigenvalue weighted by atomic mass is 16.5. The van der Waals surface area contributed by atoms with Crippen LogP contribution in [0.4, 0.5) is 10.5 Å². The Morgan fingerprint density at radius 2 is 2.04 bits per heavy atom. The van der Waals surface area contributed by atoms with Gasteiger partial charge in [0.2, 0.25) is 0 Å². The first-order chi connectivity index (χ1) is 12.1. The van der Waals surface area contributed by atoms with Crippen molar-refractivity contribution in [3.8, 4) is 0 Å². The lowest BCUT2D eigenvalue weighted by molar-refractivity contribution is -0.140. The van der Waals surface area contributed by atoms with Crippen molar-refractivity contribution in [2.45, 2.75) is 24.9 Å². The fourth-order valence-corrected chi connectivity index (χ4v) is 3.53. The minimum Gasteiger partial charge on any atom is -0.469 e. The third kappa shape index (κ3) is 3.77. The molecule has 0 spiro atoms. The van der Waals surface area contributed by atoms with Crippen LogP contribution in [0, 0.1) is 0 Å². The van der Waals surface area contributed by atoms with Crippen LogP contribution in [0.5, 0.6) is 0 Å². The SMILES string of the molecule is COC[C@@H]1NCCN2C(=O)N(c3ccc(CCC(=O)OC)cc3)C[C@@H]12. The first-order valence-electron chi connectivity index (χ1n) is 8.60. The van der Waals surface area contributed by atoms with Crippen molar-refractivity contribution in [3.05, 3.63) is 29.8 Å². The highest BCUT2D eigenvalue weighted by Gasteiger charge is 2.43. The number of fused-ring (bicyclic) bond motifs is 1. The molecule has 2 amide bonds. The first-order valence-corrected chi connectivity index (χ1v) is 8.60. The molecule has 1 N–H and O–H groups in total. The van der Waals surface area contributed by atoms with Crippen LogP contribution in [0.1, 0.15) is 12.0 Å². The number of carbonyl (C=O) groups is 2. The van der Waals surface area contributed by atoms with Crippen LogP contribution in [0.2, 0.25) is 0 Å². The summed E-state index contributed by atoms with van der Waals surface area (Å²) in [5.41, 5.74) is 1.94. The number of hydrogen-bond donors (Lipinski definition) is 1. The van der Waals surface area contributed by atoms with E-state index in [1.165, 1.54) is 7.11 Å². The van der Waals surface area contributed by atoms with Crippen molar-refractivity contribution in [1.29, 1.82) is 0 Å². The van der Waals surface area contributed by atoms with Crippen LogP contribution in [0.25, 0.3) is 0 Å². The standard InChI is InChI=1S/C18H25N3O4/c1-24-12-15-16-11-21(18(23)20(16)10-9-19-15)14-6-3-13(4-7-14)5-8-17(22)25-2/h3-4,6-7,15-16,19H,5,8-12H2,1-2H3/t15-,16-/m0/s1. The van der Waals surface area contributed by atoms with Crippen molar-refractivity contribution in [1.82, 2.24) is 10.2 Å². The van der Waals surface area contributed by atoms with Gasteiger partial charge in [0.05, 0.1) is 25.8 Å². The number of rotatable bonds is 6. The second-order valence-corrected chi connectivity index (χ2v) is 6.41. The lowest BCUT2D eigenvalue weighted by atomic mass is 10.1. The quantitative estimate of drug-likeness (QED) is 0.778. The number of esters is 1. The molecule has 0 saturated carbocycles. The average molecular weight is 347 g/mol. The van der Waals surface area contributed by atoms with Gasteiger partial charge in [-0.3, -0.25) is 9.69 Å². The second-order valence-electron chi connectivity index (χ2n) is 6.41. The molecular formula is C18H25N3O4. The Labute approximate surface area is 147 Å². The molecule has 2 heterocycles.